The molecule has 0 saturated carbocycles. The van der Waals surface area contributed by atoms with E-state index >= 15 is 0 Å². The van der Waals surface area contributed by atoms with Crippen LogP contribution in [0, 0.1) is 17.0 Å². The number of benzene rings is 3. The van der Waals surface area contributed by atoms with E-state index in [0.29, 0.717) is 38.0 Å². The SMILES string of the molecule is Cc1ccc(Cl)cc1NC(=O)CN1C(=O)SC(=Cc2ccc(Sc3ccc(Cl)cc3)c([N+](=O)[O-])c2)C1=O. The fourth-order valence-electron chi connectivity index (χ4n) is 3.33. The van der Waals surface area contributed by atoms with Crippen molar-refractivity contribution in [3.8, 4) is 0 Å². The second kappa shape index (κ2) is 11.4. The summed E-state index contributed by atoms with van der Waals surface area (Å²) in [4.78, 5) is 51.1. The minimum atomic E-state index is -0.657. The third-order valence-electron chi connectivity index (χ3n) is 5.17. The molecule has 0 aliphatic carbocycles. The van der Waals surface area contributed by atoms with Gasteiger partial charge in [0.15, 0.2) is 0 Å². The van der Waals surface area contributed by atoms with Crippen molar-refractivity contribution in [2.24, 2.45) is 0 Å². The Kier molecular flexibility index (Phi) is 8.23. The molecule has 37 heavy (non-hydrogen) atoms. The summed E-state index contributed by atoms with van der Waals surface area (Å²) >= 11 is 13.7. The molecule has 188 valence electrons. The first-order valence-electron chi connectivity index (χ1n) is 10.6. The van der Waals surface area contributed by atoms with E-state index in [1.807, 2.05) is 0 Å². The summed E-state index contributed by atoms with van der Waals surface area (Å²) < 4.78 is 0. The quantitative estimate of drug-likeness (QED) is 0.183. The van der Waals surface area contributed by atoms with Crippen molar-refractivity contribution >= 4 is 81.2 Å². The molecule has 1 aliphatic heterocycles. The lowest BCUT2D eigenvalue weighted by atomic mass is 10.2. The fraction of sp³-hybridized carbons (Fsp3) is 0.0800. The van der Waals surface area contributed by atoms with E-state index in [9.17, 15) is 24.5 Å². The van der Waals surface area contributed by atoms with Gasteiger partial charge in [-0.05, 0) is 78.4 Å². The number of hydrogen-bond donors (Lipinski definition) is 1. The van der Waals surface area contributed by atoms with Gasteiger partial charge in [-0.15, -0.1) is 0 Å². The molecule has 0 bridgehead atoms. The number of hydrogen-bond acceptors (Lipinski definition) is 7. The summed E-state index contributed by atoms with van der Waals surface area (Å²) in [6.07, 6.45) is 1.40. The third-order valence-corrected chi connectivity index (χ3v) is 7.64. The second-order valence-electron chi connectivity index (χ2n) is 7.82. The summed E-state index contributed by atoms with van der Waals surface area (Å²) in [5, 5.41) is 14.7. The minimum Gasteiger partial charge on any atom is -0.324 e. The van der Waals surface area contributed by atoms with Gasteiger partial charge in [-0.25, -0.2) is 0 Å². The van der Waals surface area contributed by atoms with Crippen LogP contribution in [0.1, 0.15) is 11.1 Å². The van der Waals surface area contributed by atoms with Crippen LogP contribution >= 0.6 is 46.7 Å². The van der Waals surface area contributed by atoms with Gasteiger partial charge in [-0.3, -0.25) is 29.4 Å². The molecular weight excluding hydrogens is 557 g/mol. The van der Waals surface area contributed by atoms with Crippen molar-refractivity contribution in [1.82, 2.24) is 4.90 Å². The van der Waals surface area contributed by atoms with Gasteiger partial charge in [0.1, 0.15) is 6.54 Å². The van der Waals surface area contributed by atoms with Crippen LogP contribution in [0.3, 0.4) is 0 Å². The fourth-order valence-corrected chi connectivity index (χ4v) is 5.37. The number of carbonyl (C=O) groups is 3. The van der Waals surface area contributed by atoms with E-state index in [-0.39, 0.29) is 10.6 Å². The molecule has 1 saturated heterocycles. The predicted molar refractivity (Wildman–Crippen MR) is 146 cm³/mol. The van der Waals surface area contributed by atoms with E-state index in [4.69, 9.17) is 23.2 Å². The van der Waals surface area contributed by atoms with Gasteiger partial charge in [-0.1, -0.05) is 47.1 Å². The number of nitrogens with zero attached hydrogens (tertiary/aromatic N) is 2. The molecule has 3 aromatic rings. The van der Waals surface area contributed by atoms with E-state index in [1.165, 1.54) is 23.9 Å². The number of imide groups is 1. The molecule has 1 fully saturated rings. The topological polar surface area (TPSA) is 110 Å². The van der Waals surface area contributed by atoms with E-state index in [2.05, 4.69) is 5.32 Å². The molecule has 1 N–H and O–H groups in total. The van der Waals surface area contributed by atoms with Gasteiger partial charge in [-0.2, -0.15) is 0 Å². The van der Waals surface area contributed by atoms with E-state index < -0.39 is 28.5 Å². The van der Waals surface area contributed by atoms with Crippen LogP contribution < -0.4 is 5.32 Å². The van der Waals surface area contributed by atoms with Crippen molar-refractivity contribution in [3.05, 3.63) is 96.9 Å². The van der Waals surface area contributed by atoms with Crippen LogP contribution in [-0.2, 0) is 9.59 Å². The lowest BCUT2D eigenvalue weighted by Crippen LogP contribution is -2.36. The molecule has 12 heteroatoms. The minimum absolute atomic E-state index is 0.0594. The number of aryl methyl sites for hydroxylation is 1. The highest BCUT2D eigenvalue weighted by Crippen LogP contribution is 2.37. The number of anilines is 1. The highest BCUT2D eigenvalue weighted by molar-refractivity contribution is 8.18. The molecule has 0 spiro atoms. The summed E-state index contributed by atoms with van der Waals surface area (Å²) in [7, 11) is 0. The number of rotatable bonds is 7. The Bertz CT molecular complexity index is 1460. The zero-order valence-corrected chi connectivity index (χ0v) is 22.2. The molecule has 0 radical (unpaired) electrons. The predicted octanol–water partition coefficient (Wildman–Crippen LogP) is 7.04. The molecule has 3 aromatic carbocycles. The monoisotopic (exact) mass is 573 g/mol. The lowest BCUT2D eigenvalue weighted by molar-refractivity contribution is -0.387. The zero-order valence-electron chi connectivity index (χ0n) is 19.1. The number of nitrogens with one attached hydrogen (secondary N) is 1. The Morgan fingerprint density at radius 1 is 1.08 bits per heavy atom. The number of carbonyl (C=O) groups excluding carboxylic acids is 3. The molecule has 1 heterocycles. The van der Waals surface area contributed by atoms with Crippen LogP contribution in [0.5, 0.6) is 0 Å². The Balaban J connectivity index is 1.50. The highest BCUT2D eigenvalue weighted by atomic mass is 35.5. The van der Waals surface area contributed by atoms with Crippen LogP contribution in [0.15, 0.2) is 75.4 Å². The van der Waals surface area contributed by atoms with Gasteiger partial charge in [0, 0.05) is 26.7 Å². The molecule has 4 rings (SSSR count). The van der Waals surface area contributed by atoms with Crippen LogP contribution in [0.4, 0.5) is 16.2 Å². The molecule has 3 amide bonds. The van der Waals surface area contributed by atoms with Gasteiger partial charge in [0.05, 0.1) is 14.7 Å². The number of amides is 3. The van der Waals surface area contributed by atoms with E-state index in [1.54, 1.807) is 61.5 Å². The summed E-state index contributed by atoms with van der Waals surface area (Å²) in [5.41, 5.74) is 1.47. The van der Waals surface area contributed by atoms with Crippen molar-refractivity contribution in [2.45, 2.75) is 16.7 Å². The van der Waals surface area contributed by atoms with E-state index in [0.717, 1.165) is 15.4 Å². The van der Waals surface area contributed by atoms with Crippen molar-refractivity contribution < 1.29 is 19.3 Å². The Morgan fingerprint density at radius 3 is 2.49 bits per heavy atom. The largest absolute Gasteiger partial charge is 0.324 e. The normalized spacial score (nSPS) is 14.4. The first kappa shape index (κ1) is 26.7. The van der Waals surface area contributed by atoms with Gasteiger partial charge < -0.3 is 5.32 Å². The summed E-state index contributed by atoms with van der Waals surface area (Å²) in [6.45, 7) is 1.30. The van der Waals surface area contributed by atoms with Crippen LogP contribution in [-0.4, -0.2) is 33.4 Å². The Labute approximate surface area is 230 Å². The zero-order chi connectivity index (χ0) is 26.7. The van der Waals surface area contributed by atoms with Gasteiger partial charge >= 0.3 is 0 Å². The van der Waals surface area contributed by atoms with Crippen LogP contribution in [0.2, 0.25) is 10.0 Å². The standard InChI is InChI=1S/C25H17Cl2N3O5S2/c1-14-2-4-17(27)12-19(14)28-23(31)13-29-24(32)22(37-25(29)33)11-15-3-9-21(20(10-15)30(34)35)36-18-7-5-16(26)6-8-18/h2-12H,13H2,1H3,(H,28,31). The molecular formula is C25H17Cl2N3O5S2. The first-order valence-corrected chi connectivity index (χ1v) is 13.0. The number of halogens is 2. The highest BCUT2D eigenvalue weighted by Gasteiger charge is 2.36. The van der Waals surface area contributed by atoms with Crippen molar-refractivity contribution in [2.75, 3.05) is 11.9 Å². The first-order chi connectivity index (χ1) is 17.6. The second-order valence-corrected chi connectivity index (χ2v) is 10.8. The third kappa shape index (κ3) is 6.53. The number of nitro benzene ring substituents is 1. The van der Waals surface area contributed by atoms with Crippen LogP contribution in [0.25, 0.3) is 6.08 Å². The van der Waals surface area contributed by atoms with Crippen molar-refractivity contribution in [1.29, 1.82) is 0 Å². The molecule has 0 aromatic heterocycles. The lowest BCUT2D eigenvalue weighted by Gasteiger charge is -2.13. The molecule has 8 nitrogen and oxygen atoms in total. The maximum absolute atomic E-state index is 12.8. The number of nitro groups is 1. The molecule has 0 unspecified atom stereocenters. The van der Waals surface area contributed by atoms with Crippen molar-refractivity contribution in [3.63, 3.8) is 0 Å². The van der Waals surface area contributed by atoms with Gasteiger partial charge in [0.2, 0.25) is 5.91 Å². The molecule has 1 aliphatic rings. The average Bonchev–Trinajstić information content (AvgIpc) is 3.10. The van der Waals surface area contributed by atoms with Gasteiger partial charge in [0.25, 0.3) is 16.8 Å². The maximum atomic E-state index is 12.8. The smallest absolute Gasteiger partial charge is 0.294 e. The average molecular weight is 574 g/mol. The summed E-state index contributed by atoms with van der Waals surface area (Å²) in [5.74, 6) is -1.22. The number of thioether (sulfide) groups is 1. The molecule has 0 atom stereocenters. The Hall–Kier alpha value is -3.31. The summed E-state index contributed by atoms with van der Waals surface area (Å²) in [6, 6.07) is 16.4. The maximum Gasteiger partial charge on any atom is 0.294 e. The Morgan fingerprint density at radius 2 is 1.78 bits per heavy atom.